The fourth-order valence-corrected chi connectivity index (χ4v) is 2.35. The Hall–Kier alpha value is -1.21. The molecule has 98 valence electrons. The quantitative estimate of drug-likeness (QED) is 0.849. The third-order valence-electron chi connectivity index (χ3n) is 2.29. The van der Waals surface area contributed by atoms with Gasteiger partial charge >= 0.3 is 12.3 Å². The van der Waals surface area contributed by atoms with Crippen molar-refractivity contribution in [1.29, 1.82) is 0 Å². The highest BCUT2D eigenvalue weighted by Crippen LogP contribution is 2.23. The van der Waals surface area contributed by atoms with Gasteiger partial charge in [0, 0.05) is 6.54 Å². The predicted molar refractivity (Wildman–Crippen MR) is 62.3 cm³/mol. The van der Waals surface area contributed by atoms with Gasteiger partial charge in [0.2, 0.25) is 0 Å². The Bertz CT molecular complexity index is 493. The monoisotopic (exact) mass is 278 g/mol. The number of alkyl halides is 4. The van der Waals surface area contributed by atoms with Crippen LogP contribution in [0.2, 0.25) is 0 Å². The molecule has 18 heavy (non-hydrogen) atoms. The van der Waals surface area contributed by atoms with Gasteiger partial charge in [-0.1, -0.05) is 12.1 Å². The highest BCUT2D eigenvalue weighted by atomic mass is 32.1. The molecule has 0 unspecified atom stereocenters. The molecule has 1 heterocycles. The largest absolute Gasteiger partial charge is 0.319 e. The van der Waals surface area contributed by atoms with Crippen LogP contribution < -0.4 is 5.32 Å². The van der Waals surface area contributed by atoms with Gasteiger partial charge in [-0.25, -0.2) is 13.8 Å². The minimum atomic E-state index is -4.00. The van der Waals surface area contributed by atoms with E-state index in [9.17, 15) is 17.6 Å². The van der Waals surface area contributed by atoms with E-state index < -0.39 is 18.9 Å². The first-order valence-corrected chi connectivity index (χ1v) is 6.02. The van der Waals surface area contributed by atoms with Gasteiger partial charge in [0.25, 0.3) is 0 Å². The molecule has 2 rings (SSSR count). The summed E-state index contributed by atoms with van der Waals surface area (Å²) >= 11 is 1.35. The first-order valence-electron chi connectivity index (χ1n) is 5.20. The number of benzene rings is 1. The Balaban J connectivity index is 1.94. The minimum Gasteiger partial charge on any atom is -0.305 e. The molecule has 0 aliphatic carbocycles. The molecular formula is C11H10F4N2S. The Kier molecular flexibility index (Phi) is 3.82. The van der Waals surface area contributed by atoms with Crippen molar-refractivity contribution in [2.45, 2.75) is 18.9 Å². The summed E-state index contributed by atoms with van der Waals surface area (Å²) in [6, 6.07) is 7.35. The second-order valence-corrected chi connectivity index (χ2v) is 4.86. The van der Waals surface area contributed by atoms with Gasteiger partial charge in [-0.15, -0.1) is 11.3 Å². The molecule has 0 spiro atoms. The lowest BCUT2D eigenvalue weighted by molar-refractivity contribution is -0.125. The number of hydrogen-bond donors (Lipinski definition) is 1. The van der Waals surface area contributed by atoms with E-state index in [4.69, 9.17) is 0 Å². The SMILES string of the molecule is FC(F)C(F)(F)CNCc1nc2ccccc2s1. The fourth-order valence-electron chi connectivity index (χ4n) is 1.41. The molecule has 0 aliphatic heterocycles. The standard InChI is InChI=1S/C11H10F4N2S/c12-10(13)11(14,15)6-16-5-9-17-7-3-1-2-4-8(7)18-9/h1-4,10,16H,5-6H2. The Morgan fingerprint density at radius 3 is 2.67 bits per heavy atom. The molecule has 1 aromatic heterocycles. The van der Waals surface area contributed by atoms with Crippen molar-refractivity contribution >= 4 is 21.6 Å². The maximum atomic E-state index is 12.6. The molecule has 0 atom stereocenters. The molecule has 2 nitrogen and oxygen atoms in total. The summed E-state index contributed by atoms with van der Waals surface area (Å²) < 4.78 is 50.0. The van der Waals surface area contributed by atoms with Crippen molar-refractivity contribution in [2.24, 2.45) is 0 Å². The number of thiazole rings is 1. The van der Waals surface area contributed by atoms with Crippen LogP contribution in [0.15, 0.2) is 24.3 Å². The van der Waals surface area contributed by atoms with Crippen molar-refractivity contribution in [1.82, 2.24) is 10.3 Å². The first-order chi connectivity index (χ1) is 8.49. The van der Waals surface area contributed by atoms with Crippen molar-refractivity contribution in [3.05, 3.63) is 29.3 Å². The number of rotatable bonds is 5. The summed E-state index contributed by atoms with van der Waals surface area (Å²) in [4.78, 5) is 4.20. The van der Waals surface area contributed by atoms with Gasteiger partial charge in [0.1, 0.15) is 5.01 Å². The van der Waals surface area contributed by atoms with Crippen LogP contribution in [-0.4, -0.2) is 23.9 Å². The van der Waals surface area contributed by atoms with Crippen LogP contribution in [-0.2, 0) is 6.54 Å². The molecule has 2 aromatic rings. The molecule has 7 heteroatoms. The van der Waals surface area contributed by atoms with Crippen molar-refractivity contribution in [3.8, 4) is 0 Å². The van der Waals surface area contributed by atoms with E-state index in [0.717, 1.165) is 10.2 Å². The summed E-state index contributed by atoms with van der Waals surface area (Å²) in [5.41, 5.74) is 0.778. The molecule has 1 N–H and O–H groups in total. The number of aromatic nitrogens is 1. The van der Waals surface area contributed by atoms with Crippen LogP contribution in [0.4, 0.5) is 17.6 Å². The second-order valence-electron chi connectivity index (χ2n) is 3.74. The molecule has 0 saturated carbocycles. The second kappa shape index (κ2) is 5.19. The number of hydrogen-bond acceptors (Lipinski definition) is 3. The van der Waals surface area contributed by atoms with Gasteiger partial charge in [-0.3, -0.25) is 0 Å². The molecular weight excluding hydrogens is 268 g/mol. The van der Waals surface area contributed by atoms with E-state index in [-0.39, 0.29) is 6.54 Å². The van der Waals surface area contributed by atoms with Crippen molar-refractivity contribution in [2.75, 3.05) is 6.54 Å². The van der Waals surface area contributed by atoms with E-state index in [0.29, 0.717) is 5.01 Å². The normalized spacial score (nSPS) is 12.5. The highest BCUT2D eigenvalue weighted by Gasteiger charge is 2.40. The maximum absolute atomic E-state index is 12.6. The zero-order chi connectivity index (χ0) is 13.2. The average molecular weight is 278 g/mol. The topological polar surface area (TPSA) is 24.9 Å². The van der Waals surface area contributed by atoms with Crippen LogP contribution in [0.1, 0.15) is 5.01 Å². The molecule has 0 fully saturated rings. The summed E-state index contributed by atoms with van der Waals surface area (Å²) in [5.74, 6) is -4.00. The van der Waals surface area contributed by atoms with Crippen LogP contribution in [0.25, 0.3) is 10.2 Å². The van der Waals surface area contributed by atoms with Crippen molar-refractivity contribution < 1.29 is 17.6 Å². The Labute approximate surface area is 105 Å². The van der Waals surface area contributed by atoms with E-state index in [2.05, 4.69) is 10.3 Å². The zero-order valence-electron chi connectivity index (χ0n) is 9.17. The van der Waals surface area contributed by atoms with Gasteiger partial charge < -0.3 is 5.32 Å². The third-order valence-corrected chi connectivity index (χ3v) is 3.33. The van der Waals surface area contributed by atoms with E-state index in [1.165, 1.54) is 11.3 Å². The lowest BCUT2D eigenvalue weighted by Gasteiger charge is -2.14. The van der Waals surface area contributed by atoms with Gasteiger partial charge in [0.15, 0.2) is 0 Å². The number of halogens is 4. The van der Waals surface area contributed by atoms with Gasteiger partial charge in [-0.2, -0.15) is 8.78 Å². The van der Waals surface area contributed by atoms with Crippen LogP contribution >= 0.6 is 11.3 Å². The van der Waals surface area contributed by atoms with E-state index >= 15 is 0 Å². The van der Waals surface area contributed by atoms with Crippen LogP contribution in [0.5, 0.6) is 0 Å². The van der Waals surface area contributed by atoms with Gasteiger partial charge in [0.05, 0.1) is 16.8 Å². The predicted octanol–water partition coefficient (Wildman–Crippen LogP) is 3.29. The fraction of sp³-hybridized carbons (Fsp3) is 0.364. The lowest BCUT2D eigenvalue weighted by Crippen LogP contribution is -2.38. The summed E-state index contributed by atoms with van der Waals surface area (Å²) in [7, 11) is 0. The Morgan fingerprint density at radius 2 is 2.00 bits per heavy atom. The molecule has 0 amide bonds. The number of nitrogens with zero attached hydrogens (tertiary/aromatic N) is 1. The number of para-hydroxylation sites is 1. The lowest BCUT2D eigenvalue weighted by atomic mass is 10.3. The number of nitrogens with one attached hydrogen (secondary N) is 1. The zero-order valence-corrected chi connectivity index (χ0v) is 9.98. The smallest absolute Gasteiger partial charge is 0.305 e. The third kappa shape index (κ3) is 2.97. The van der Waals surface area contributed by atoms with Crippen LogP contribution in [0, 0.1) is 0 Å². The summed E-state index contributed by atoms with van der Waals surface area (Å²) in [5, 5.41) is 2.90. The molecule has 1 aromatic carbocycles. The molecule has 0 bridgehead atoms. The maximum Gasteiger partial charge on any atom is 0.319 e. The molecule has 0 radical (unpaired) electrons. The Morgan fingerprint density at radius 1 is 1.28 bits per heavy atom. The summed E-state index contributed by atoms with van der Waals surface area (Å²) in [6.07, 6.45) is -3.65. The molecule has 0 saturated heterocycles. The highest BCUT2D eigenvalue weighted by molar-refractivity contribution is 7.18. The number of fused-ring (bicyclic) bond motifs is 1. The minimum absolute atomic E-state index is 0.0572. The van der Waals surface area contributed by atoms with Crippen molar-refractivity contribution in [3.63, 3.8) is 0 Å². The van der Waals surface area contributed by atoms with E-state index in [1.807, 2.05) is 24.3 Å². The van der Waals surface area contributed by atoms with Gasteiger partial charge in [-0.05, 0) is 12.1 Å². The van der Waals surface area contributed by atoms with Crippen LogP contribution in [0.3, 0.4) is 0 Å². The van der Waals surface area contributed by atoms with E-state index in [1.54, 1.807) is 0 Å². The average Bonchev–Trinajstić information content (AvgIpc) is 2.70. The molecule has 0 aliphatic rings. The summed E-state index contributed by atoms with van der Waals surface area (Å²) in [6.45, 7) is -0.998. The first kappa shape index (κ1) is 13.2.